The van der Waals surface area contributed by atoms with Crippen LogP contribution in [0.3, 0.4) is 0 Å². The van der Waals surface area contributed by atoms with E-state index < -0.39 is 0 Å². The van der Waals surface area contributed by atoms with Crippen molar-refractivity contribution < 1.29 is 9.59 Å². The summed E-state index contributed by atoms with van der Waals surface area (Å²) in [5, 5.41) is 9.17. The second-order valence-electron chi connectivity index (χ2n) is 6.36. The van der Waals surface area contributed by atoms with Crippen LogP contribution in [0.4, 0.5) is 0 Å². The fraction of sp³-hybridized carbons (Fsp3) is 0.100. The van der Waals surface area contributed by atoms with Crippen LogP contribution in [-0.2, 0) is 16.1 Å². The second kappa shape index (κ2) is 6.48. The lowest BCUT2D eigenvalue weighted by Gasteiger charge is -2.08. The number of azide groups is 1. The molecule has 0 aliphatic carbocycles. The van der Waals surface area contributed by atoms with Gasteiger partial charge in [0.1, 0.15) is 0 Å². The molecule has 7 heteroatoms. The fourth-order valence-corrected chi connectivity index (χ4v) is 3.22. The van der Waals surface area contributed by atoms with E-state index in [1.165, 1.54) is 0 Å². The molecule has 0 saturated heterocycles. The summed E-state index contributed by atoms with van der Waals surface area (Å²) in [5.74, 6) is -0.598. The minimum Gasteiger partial charge on any atom is -0.321 e. The summed E-state index contributed by atoms with van der Waals surface area (Å²) >= 11 is 0. The van der Waals surface area contributed by atoms with Crippen molar-refractivity contribution in [2.75, 3.05) is 0 Å². The van der Waals surface area contributed by atoms with Crippen LogP contribution in [0.1, 0.15) is 22.3 Å². The molecular weight excluding hydrogens is 342 g/mol. The third-order valence-electron chi connectivity index (χ3n) is 4.58. The van der Waals surface area contributed by atoms with Crippen LogP contribution in [0.2, 0.25) is 0 Å². The minimum absolute atomic E-state index is 0.248. The Balaban J connectivity index is 1.77. The smallest absolute Gasteiger partial charge is 0.258 e. The van der Waals surface area contributed by atoms with E-state index in [2.05, 4.69) is 20.7 Å². The summed E-state index contributed by atoms with van der Waals surface area (Å²) in [6, 6.07) is 14.8. The monoisotopic (exact) mass is 357 g/mol. The summed E-state index contributed by atoms with van der Waals surface area (Å²) in [7, 11) is 0. The lowest BCUT2D eigenvalue weighted by molar-refractivity contribution is -0.117. The number of hydrogen-bond donors (Lipinski definition) is 2. The highest BCUT2D eigenvalue weighted by Gasteiger charge is 2.40. The molecule has 4 rings (SSSR count). The normalized spacial score (nSPS) is 15.4. The van der Waals surface area contributed by atoms with Gasteiger partial charge in [0.05, 0.1) is 29.1 Å². The molecule has 2 aromatic carbocycles. The molecule has 2 aliphatic rings. The highest BCUT2D eigenvalue weighted by Crippen LogP contribution is 2.37. The molecular formula is C20H15N5O2. The van der Waals surface area contributed by atoms with E-state index in [9.17, 15) is 9.59 Å². The van der Waals surface area contributed by atoms with Crippen molar-refractivity contribution in [2.24, 2.45) is 5.11 Å². The van der Waals surface area contributed by atoms with Crippen molar-refractivity contribution in [1.82, 2.24) is 10.6 Å². The van der Waals surface area contributed by atoms with Crippen molar-refractivity contribution in [2.45, 2.75) is 13.5 Å². The van der Waals surface area contributed by atoms with Gasteiger partial charge in [-0.05, 0) is 29.1 Å². The number of hydrogen-bond acceptors (Lipinski definition) is 3. The maximum Gasteiger partial charge on any atom is 0.258 e. The average molecular weight is 357 g/mol. The van der Waals surface area contributed by atoms with Crippen LogP contribution in [-0.4, -0.2) is 11.8 Å². The summed E-state index contributed by atoms with van der Waals surface area (Å²) in [6.07, 6.45) is 0. The lowest BCUT2D eigenvalue weighted by Crippen LogP contribution is -2.21. The zero-order valence-corrected chi connectivity index (χ0v) is 14.5. The molecule has 2 aliphatic heterocycles. The first-order chi connectivity index (χ1) is 13.1. The standard InChI is InChI=1S/C20H15N5O2/c1-11-2-6-13(7-3-11)17-15-16(20(27)23-17)18(24-19(15)26)14-8-4-12(5-9-14)10-22-25-21/h2-9H,10H2,1H3,(H,23,27)(H,24,26). The number of fused-ring (bicyclic) bond motifs is 1. The lowest BCUT2D eigenvalue weighted by atomic mass is 10.0. The van der Waals surface area contributed by atoms with Gasteiger partial charge in [-0.1, -0.05) is 59.2 Å². The number of nitrogens with one attached hydrogen (secondary N) is 2. The van der Waals surface area contributed by atoms with E-state index in [0.29, 0.717) is 22.5 Å². The van der Waals surface area contributed by atoms with Crippen molar-refractivity contribution in [3.05, 3.63) is 92.4 Å². The van der Waals surface area contributed by atoms with Gasteiger partial charge >= 0.3 is 0 Å². The third-order valence-corrected chi connectivity index (χ3v) is 4.58. The predicted molar refractivity (Wildman–Crippen MR) is 101 cm³/mol. The van der Waals surface area contributed by atoms with Gasteiger partial charge in [0.2, 0.25) is 0 Å². The Kier molecular flexibility index (Phi) is 3.99. The van der Waals surface area contributed by atoms with E-state index in [1.807, 2.05) is 31.2 Å². The topological polar surface area (TPSA) is 107 Å². The first kappa shape index (κ1) is 16.6. The zero-order valence-electron chi connectivity index (χ0n) is 14.5. The van der Waals surface area contributed by atoms with Crippen LogP contribution < -0.4 is 10.6 Å². The predicted octanol–water partition coefficient (Wildman–Crippen LogP) is 3.19. The largest absolute Gasteiger partial charge is 0.321 e. The molecule has 0 aromatic heterocycles. The Morgan fingerprint density at radius 3 is 1.81 bits per heavy atom. The van der Waals surface area contributed by atoms with Crippen LogP contribution in [0, 0.1) is 6.92 Å². The molecule has 2 heterocycles. The molecule has 0 unspecified atom stereocenters. The van der Waals surface area contributed by atoms with Gasteiger partial charge in [0, 0.05) is 4.91 Å². The average Bonchev–Trinajstić information content (AvgIpc) is 3.20. The van der Waals surface area contributed by atoms with E-state index in [4.69, 9.17) is 5.53 Å². The Morgan fingerprint density at radius 1 is 0.852 bits per heavy atom. The molecule has 0 saturated carbocycles. The number of carbonyl (C=O) groups is 2. The van der Waals surface area contributed by atoms with Gasteiger partial charge in [-0.25, -0.2) is 0 Å². The first-order valence-electron chi connectivity index (χ1n) is 8.37. The van der Waals surface area contributed by atoms with Crippen LogP contribution >= 0.6 is 0 Å². The molecule has 132 valence electrons. The molecule has 0 bridgehead atoms. The minimum atomic E-state index is -0.299. The maximum atomic E-state index is 12.6. The molecule has 27 heavy (non-hydrogen) atoms. The highest BCUT2D eigenvalue weighted by atomic mass is 16.2. The number of benzene rings is 2. The molecule has 2 amide bonds. The molecule has 2 N–H and O–H groups in total. The quantitative estimate of drug-likeness (QED) is 0.498. The molecule has 0 spiro atoms. The van der Waals surface area contributed by atoms with Gasteiger partial charge in [-0.2, -0.15) is 0 Å². The van der Waals surface area contributed by atoms with Gasteiger partial charge in [-0.15, -0.1) is 0 Å². The van der Waals surface area contributed by atoms with Gasteiger partial charge < -0.3 is 10.6 Å². The first-order valence-corrected chi connectivity index (χ1v) is 8.37. The number of nitrogens with zero attached hydrogens (tertiary/aromatic N) is 3. The van der Waals surface area contributed by atoms with Crippen LogP contribution in [0.25, 0.3) is 21.8 Å². The Labute approximate surface area is 155 Å². The number of carbonyl (C=O) groups excluding carboxylic acids is 2. The van der Waals surface area contributed by atoms with E-state index in [1.54, 1.807) is 24.3 Å². The van der Waals surface area contributed by atoms with Crippen molar-refractivity contribution >= 4 is 23.2 Å². The summed E-state index contributed by atoms with van der Waals surface area (Å²) in [5.41, 5.74) is 13.6. The summed E-state index contributed by atoms with van der Waals surface area (Å²) in [4.78, 5) is 27.9. The molecule has 0 radical (unpaired) electrons. The molecule has 0 atom stereocenters. The Hall–Kier alpha value is -3.83. The third kappa shape index (κ3) is 2.86. The highest BCUT2D eigenvalue weighted by molar-refractivity contribution is 6.30. The van der Waals surface area contributed by atoms with E-state index >= 15 is 0 Å². The van der Waals surface area contributed by atoms with Crippen molar-refractivity contribution in [3.63, 3.8) is 0 Å². The van der Waals surface area contributed by atoms with Gasteiger partial charge in [-0.3, -0.25) is 9.59 Å². The van der Waals surface area contributed by atoms with Crippen LogP contribution in [0.5, 0.6) is 0 Å². The molecule has 0 fully saturated rings. The van der Waals surface area contributed by atoms with Crippen molar-refractivity contribution in [1.29, 1.82) is 0 Å². The van der Waals surface area contributed by atoms with Crippen LogP contribution in [0.15, 0.2) is 64.8 Å². The van der Waals surface area contributed by atoms with Crippen molar-refractivity contribution in [3.8, 4) is 0 Å². The summed E-state index contributed by atoms with van der Waals surface area (Å²) in [6.45, 7) is 2.23. The maximum absolute atomic E-state index is 12.6. The van der Waals surface area contributed by atoms with E-state index in [0.717, 1.165) is 22.3 Å². The number of rotatable bonds is 4. The Morgan fingerprint density at radius 2 is 1.33 bits per heavy atom. The van der Waals surface area contributed by atoms with E-state index in [-0.39, 0.29) is 18.4 Å². The molecule has 7 nitrogen and oxygen atoms in total. The Bertz CT molecular complexity index is 1070. The second-order valence-corrected chi connectivity index (χ2v) is 6.36. The van der Waals surface area contributed by atoms with Gasteiger partial charge in [0.25, 0.3) is 11.8 Å². The SMILES string of the molecule is Cc1ccc(C2=C3C(=O)NC(c4ccc(CN=[N+]=[N-])cc4)=C3C(=O)N2)cc1. The fourth-order valence-electron chi connectivity index (χ4n) is 3.22. The number of amides is 2. The molecule has 2 aromatic rings. The number of aryl methyl sites for hydroxylation is 1. The van der Waals surface area contributed by atoms with Gasteiger partial charge in [0.15, 0.2) is 0 Å². The summed E-state index contributed by atoms with van der Waals surface area (Å²) < 4.78 is 0. The zero-order chi connectivity index (χ0) is 19.0.